The molecule has 0 saturated carbocycles. The highest BCUT2D eigenvalue weighted by Crippen LogP contribution is 2.21. The topological polar surface area (TPSA) is 69.6 Å². The van der Waals surface area contributed by atoms with Crippen molar-refractivity contribution >= 4 is 26.2 Å². The van der Waals surface area contributed by atoms with Crippen molar-refractivity contribution in [2.45, 2.75) is 12.5 Å². The number of thiophene rings is 1. The van der Waals surface area contributed by atoms with Gasteiger partial charge in [0.15, 0.2) is 0 Å². The number of nitrogens with one attached hydrogen (secondary N) is 1. The van der Waals surface area contributed by atoms with Crippen LogP contribution in [0.25, 0.3) is 0 Å². The zero-order valence-corrected chi connectivity index (χ0v) is 8.54. The fourth-order valence-electron chi connectivity index (χ4n) is 0.870. The van der Waals surface area contributed by atoms with E-state index in [1.54, 1.807) is 6.07 Å². The molecule has 0 bridgehead atoms. The van der Waals surface area contributed by atoms with Gasteiger partial charge >= 0.3 is 0 Å². The number of hydrogen-bond acceptors (Lipinski definition) is 4. The van der Waals surface area contributed by atoms with Gasteiger partial charge in [0.25, 0.3) is 0 Å². The Morgan fingerprint density at radius 1 is 1.77 bits per heavy atom. The van der Waals surface area contributed by atoms with Gasteiger partial charge in [0.05, 0.1) is 12.5 Å². The molecule has 1 aromatic heterocycles. The molecule has 13 heavy (non-hydrogen) atoms. The summed E-state index contributed by atoms with van der Waals surface area (Å²) in [6.45, 7) is 0. The molecule has 2 unspecified atom stereocenters. The van der Waals surface area contributed by atoms with E-state index in [2.05, 4.69) is 5.09 Å². The Bertz CT molecular complexity index is 265. The quantitative estimate of drug-likeness (QED) is 0.656. The molecule has 1 amide bonds. The van der Waals surface area contributed by atoms with Crippen molar-refractivity contribution in [1.29, 1.82) is 0 Å². The number of rotatable bonds is 4. The first-order chi connectivity index (χ1) is 6.24. The normalized spacial score (nSPS) is 13.4. The molecule has 6 heteroatoms. The molecule has 3 N–H and O–H groups in total. The van der Waals surface area contributed by atoms with Gasteiger partial charge in [-0.15, -0.1) is 11.3 Å². The van der Waals surface area contributed by atoms with E-state index in [1.165, 1.54) is 11.3 Å². The molecule has 0 saturated heterocycles. The maximum atomic E-state index is 10.9. The number of carbonyl (C=O) groups excluding carboxylic acids is 1. The highest BCUT2D eigenvalue weighted by Gasteiger charge is 2.12. The lowest BCUT2D eigenvalue weighted by Gasteiger charge is -2.06. The SMILES string of the molecule is O=C(CC(O)c1cccs1)NPO. The van der Waals surface area contributed by atoms with Crippen LogP contribution in [0.3, 0.4) is 0 Å². The Morgan fingerprint density at radius 3 is 3.08 bits per heavy atom. The van der Waals surface area contributed by atoms with Crippen LogP contribution in [0.15, 0.2) is 17.5 Å². The Balaban J connectivity index is 2.42. The summed E-state index contributed by atoms with van der Waals surface area (Å²) < 4.78 is 0. The van der Waals surface area contributed by atoms with Gasteiger partial charge in [-0.1, -0.05) is 6.07 Å². The third-order valence-electron chi connectivity index (χ3n) is 1.45. The molecule has 0 fully saturated rings. The maximum Gasteiger partial charge on any atom is 0.227 e. The van der Waals surface area contributed by atoms with Crippen molar-refractivity contribution < 1.29 is 14.8 Å². The molecule has 2 atom stereocenters. The smallest absolute Gasteiger partial charge is 0.227 e. The summed E-state index contributed by atoms with van der Waals surface area (Å²) in [5.41, 5.74) is 0. The molecule has 0 aliphatic carbocycles. The van der Waals surface area contributed by atoms with Crippen molar-refractivity contribution in [1.82, 2.24) is 5.09 Å². The molecule has 1 rings (SSSR count). The molecular formula is C7H10NO3PS. The summed E-state index contributed by atoms with van der Waals surface area (Å²) in [6.07, 6.45) is -0.773. The van der Waals surface area contributed by atoms with Crippen LogP contribution in [0.4, 0.5) is 0 Å². The Labute approximate surface area is 81.5 Å². The van der Waals surface area contributed by atoms with Gasteiger partial charge in [-0.05, 0) is 11.4 Å². The molecule has 0 radical (unpaired) electrons. The minimum Gasteiger partial charge on any atom is -0.387 e. The summed E-state index contributed by atoms with van der Waals surface area (Å²) in [7, 11) is -0.604. The van der Waals surface area contributed by atoms with Gasteiger partial charge < -0.3 is 15.1 Å². The van der Waals surface area contributed by atoms with E-state index >= 15 is 0 Å². The van der Waals surface area contributed by atoms with Crippen molar-refractivity contribution in [2.24, 2.45) is 0 Å². The Morgan fingerprint density at radius 2 is 2.54 bits per heavy atom. The van der Waals surface area contributed by atoms with Gasteiger partial charge in [-0.25, -0.2) is 0 Å². The van der Waals surface area contributed by atoms with Crippen LogP contribution in [0.5, 0.6) is 0 Å². The van der Waals surface area contributed by atoms with Gasteiger partial charge in [-0.3, -0.25) is 4.79 Å². The molecule has 1 aromatic rings. The summed E-state index contributed by atoms with van der Waals surface area (Å²) in [6, 6.07) is 3.58. The molecule has 4 nitrogen and oxygen atoms in total. The van der Waals surface area contributed by atoms with Crippen molar-refractivity contribution in [3.8, 4) is 0 Å². The average Bonchev–Trinajstić information content (AvgIpc) is 2.55. The second-order valence-corrected chi connectivity index (χ2v) is 3.85. The van der Waals surface area contributed by atoms with Crippen LogP contribution >= 0.6 is 20.3 Å². The largest absolute Gasteiger partial charge is 0.387 e. The summed E-state index contributed by atoms with van der Waals surface area (Å²) in [4.78, 5) is 20.1. The Kier molecular flexibility index (Phi) is 4.32. The van der Waals surface area contributed by atoms with E-state index in [1.807, 2.05) is 11.4 Å². The van der Waals surface area contributed by atoms with Gasteiger partial charge in [0, 0.05) is 4.88 Å². The lowest BCUT2D eigenvalue weighted by molar-refractivity contribution is -0.121. The third-order valence-corrected chi connectivity index (χ3v) is 2.81. The summed E-state index contributed by atoms with van der Waals surface area (Å²) in [5, 5.41) is 13.5. The third kappa shape index (κ3) is 3.40. The molecule has 1 heterocycles. The average molecular weight is 219 g/mol. The highest BCUT2D eigenvalue weighted by atomic mass is 32.1. The van der Waals surface area contributed by atoms with E-state index in [0.29, 0.717) is 0 Å². The first-order valence-corrected chi connectivity index (χ1v) is 5.46. The van der Waals surface area contributed by atoms with E-state index < -0.39 is 15.1 Å². The molecule has 0 aliphatic rings. The number of hydrogen-bond donors (Lipinski definition) is 3. The van der Waals surface area contributed by atoms with Gasteiger partial charge in [0.1, 0.15) is 8.96 Å². The van der Waals surface area contributed by atoms with Gasteiger partial charge in [0.2, 0.25) is 5.91 Å². The van der Waals surface area contributed by atoms with Crippen LogP contribution in [0.2, 0.25) is 0 Å². The minimum absolute atomic E-state index is 0.00588. The first-order valence-electron chi connectivity index (χ1n) is 3.63. The number of carbonyl (C=O) groups is 1. The van der Waals surface area contributed by atoms with Crippen LogP contribution in [-0.4, -0.2) is 15.9 Å². The lowest BCUT2D eigenvalue weighted by atomic mass is 10.2. The highest BCUT2D eigenvalue weighted by molar-refractivity contribution is 7.29. The summed E-state index contributed by atoms with van der Waals surface area (Å²) >= 11 is 1.40. The summed E-state index contributed by atoms with van der Waals surface area (Å²) in [5.74, 6) is -0.346. The van der Waals surface area contributed by atoms with Crippen LogP contribution in [0.1, 0.15) is 17.4 Å². The fraction of sp³-hybridized carbons (Fsp3) is 0.286. The molecule has 72 valence electrons. The van der Waals surface area contributed by atoms with Crippen LogP contribution < -0.4 is 5.09 Å². The van der Waals surface area contributed by atoms with E-state index in [-0.39, 0.29) is 12.3 Å². The number of aliphatic hydroxyl groups excluding tert-OH is 1. The molecule has 0 aliphatic heterocycles. The second-order valence-electron chi connectivity index (χ2n) is 2.40. The van der Waals surface area contributed by atoms with Crippen LogP contribution in [0, 0.1) is 0 Å². The zero-order valence-electron chi connectivity index (χ0n) is 6.73. The minimum atomic E-state index is -0.767. The van der Waals surface area contributed by atoms with Crippen molar-refractivity contribution in [3.63, 3.8) is 0 Å². The van der Waals surface area contributed by atoms with Crippen molar-refractivity contribution in [2.75, 3.05) is 0 Å². The Hall–Kier alpha value is -0.480. The monoisotopic (exact) mass is 219 g/mol. The standard InChI is InChI=1S/C7H10NO3PS/c9-5(4-7(10)8-12-11)6-2-1-3-13-6/h1-3,5,9,11-12H,4H2,(H,8,10). The molecule has 0 spiro atoms. The zero-order chi connectivity index (χ0) is 9.68. The van der Waals surface area contributed by atoms with E-state index in [9.17, 15) is 9.90 Å². The molecular weight excluding hydrogens is 209 g/mol. The first kappa shape index (κ1) is 10.6. The van der Waals surface area contributed by atoms with E-state index in [0.717, 1.165) is 4.88 Å². The predicted molar refractivity (Wildman–Crippen MR) is 52.6 cm³/mol. The predicted octanol–water partition coefficient (Wildman–Crippen LogP) is 0.789. The maximum absolute atomic E-state index is 10.9. The van der Waals surface area contributed by atoms with Crippen LogP contribution in [-0.2, 0) is 4.79 Å². The second kappa shape index (κ2) is 5.29. The van der Waals surface area contributed by atoms with E-state index in [4.69, 9.17) is 4.89 Å². The lowest BCUT2D eigenvalue weighted by Crippen LogP contribution is -2.16. The number of aliphatic hydroxyl groups is 1. The molecule has 0 aromatic carbocycles. The number of amides is 1. The fourth-order valence-corrected chi connectivity index (χ4v) is 1.81. The van der Waals surface area contributed by atoms with Gasteiger partial charge in [-0.2, -0.15) is 0 Å². The van der Waals surface area contributed by atoms with Crippen molar-refractivity contribution in [3.05, 3.63) is 22.4 Å².